The number of nitrogens with two attached hydrogens (primary N) is 1. The van der Waals surface area contributed by atoms with E-state index in [-0.39, 0.29) is 11.8 Å². The maximum atomic E-state index is 10.7. The first kappa shape index (κ1) is 12.6. The molecule has 3 N–H and O–H groups in total. The Morgan fingerprint density at radius 2 is 2.33 bits per heavy atom. The summed E-state index contributed by atoms with van der Waals surface area (Å²) in [5.74, 6) is 0.0388. The summed E-state index contributed by atoms with van der Waals surface area (Å²) in [5, 5.41) is 10.2. The molecule has 86 valence electrons. The lowest BCUT2D eigenvalue weighted by molar-refractivity contribution is 0.566. The standard InChI is InChI=1S/C9H16N2O2S2/c1-8(9-4-2-6-14-9)11-5-3-7-15(10,12)13/h2,4,6,8,11H,3,5,7H2,1H3,(H2,10,12,13). The molecule has 0 aliphatic carbocycles. The Bertz CT molecular complexity index is 373. The van der Waals surface area contributed by atoms with Crippen LogP contribution in [-0.2, 0) is 10.0 Å². The predicted molar refractivity (Wildman–Crippen MR) is 63.3 cm³/mol. The molecular weight excluding hydrogens is 232 g/mol. The van der Waals surface area contributed by atoms with E-state index in [2.05, 4.69) is 18.3 Å². The first-order valence-corrected chi connectivity index (χ1v) is 7.36. The Balaban J connectivity index is 2.21. The highest BCUT2D eigenvalue weighted by Crippen LogP contribution is 2.17. The second-order valence-electron chi connectivity index (χ2n) is 3.41. The molecule has 0 saturated carbocycles. The molecule has 1 aromatic rings. The highest BCUT2D eigenvalue weighted by molar-refractivity contribution is 7.89. The maximum Gasteiger partial charge on any atom is 0.209 e. The third-order valence-corrected chi connectivity index (χ3v) is 3.94. The van der Waals surface area contributed by atoms with Crippen molar-refractivity contribution in [3.8, 4) is 0 Å². The molecule has 0 aromatic carbocycles. The van der Waals surface area contributed by atoms with Gasteiger partial charge in [-0.2, -0.15) is 0 Å². The summed E-state index contributed by atoms with van der Waals surface area (Å²) in [6.45, 7) is 2.72. The van der Waals surface area contributed by atoms with Gasteiger partial charge in [-0.25, -0.2) is 13.6 Å². The van der Waals surface area contributed by atoms with Gasteiger partial charge in [0, 0.05) is 10.9 Å². The van der Waals surface area contributed by atoms with Crippen LogP contribution in [0.4, 0.5) is 0 Å². The van der Waals surface area contributed by atoms with E-state index in [4.69, 9.17) is 5.14 Å². The molecule has 0 saturated heterocycles. The van der Waals surface area contributed by atoms with Gasteiger partial charge in [0.1, 0.15) is 0 Å². The minimum atomic E-state index is -3.31. The minimum absolute atomic E-state index is 0.0388. The number of nitrogens with one attached hydrogen (secondary N) is 1. The molecule has 15 heavy (non-hydrogen) atoms. The highest BCUT2D eigenvalue weighted by atomic mass is 32.2. The number of hydrogen-bond acceptors (Lipinski definition) is 4. The fraction of sp³-hybridized carbons (Fsp3) is 0.556. The van der Waals surface area contributed by atoms with Gasteiger partial charge in [0.15, 0.2) is 0 Å². The average molecular weight is 248 g/mol. The smallest absolute Gasteiger partial charge is 0.209 e. The third-order valence-electron chi connectivity index (χ3n) is 2.03. The van der Waals surface area contributed by atoms with E-state index in [0.29, 0.717) is 13.0 Å². The Kier molecular flexibility index (Phi) is 4.72. The largest absolute Gasteiger partial charge is 0.309 e. The first-order chi connectivity index (χ1) is 6.99. The zero-order valence-electron chi connectivity index (χ0n) is 8.64. The van der Waals surface area contributed by atoms with Crippen molar-refractivity contribution in [3.63, 3.8) is 0 Å². The number of sulfonamides is 1. The molecule has 1 rings (SSSR count). The fourth-order valence-electron chi connectivity index (χ4n) is 1.23. The zero-order valence-corrected chi connectivity index (χ0v) is 10.3. The van der Waals surface area contributed by atoms with E-state index >= 15 is 0 Å². The van der Waals surface area contributed by atoms with E-state index in [1.165, 1.54) is 4.88 Å². The van der Waals surface area contributed by atoms with Crippen LogP contribution in [0.15, 0.2) is 17.5 Å². The van der Waals surface area contributed by atoms with Crippen molar-refractivity contribution in [1.82, 2.24) is 5.32 Å². The quantitative estimate of drug-likeness (QED) is 0.740. The van der Waals surface area contributed by atoms with Crippen molar-refractivity contribution in [2.24, 2.45) is 5.14 Å². The Hall–Kier alpha value is -0.430. The summed E-state index contributed by atoms with van der Waals surface area (Å²) in [6.07, 6.45) is 0.550. The van der Waals surface area contributed by atoms with Crippen LogP contribution in [0.5, 0.6) is 0 Å². The van der Waals surface area contributed by atoms with Crippen LogP contribution >= 0.6 is 11.3 Å². The number of primary sulfonamides is 1. The number of rotatable bonds is 6. The third kappa shape index (κ3) is 5.27. The monoisotopic (exact) mass is 248 g/mol. The lowest BCUT2D eigenvalue weighted by Gasteiger charge is -2.11. The summed E-state index contributed by atoms with van der Waals surface area (Å²) in [5.41, 5.74) is 0. The zero-order chi connectivity index (χ0) is 11.3. The molecule has 1 heterocycles. The Labute approximate surface area is 94.5 Å². The summed E-state index contributed by atoms with van der Waals surface area (Å²) in [7, 11) is -3.31. The maximum absolute atomic E-state index is 10.7. The van der Waals surface area contributed by atoms with Crippen LogP contribution in [0.3, 0.4) is 0 Å². The normalized spacial score (nSPS) is 14.0. The molecule has 0 spiro atoms. The summed E-state index contributed by atoms with van der Waals surface area (Å²) < 4.78 is 21.3. The second-order valence-corrected chi connectivity index (χ2v) is 6.13. The molecule has 0 aliphatic heterocycles. The van der Waals surface area contributed by atoms with Crippen molar-refractivity contribution in [2.45, 2.75) is 19.4 Å². The van der Waals surface area contributed by atoms with Gasteiger partial charge in [-0.15, -0.1) is 11.3 Å². The van der Waals surface area contributed by atoms with Crippen molar-refractivity contribution in [3.05, 3.63) is 22.4 Å². The van der Waals surface area contributed by atoms with Crippen molar-refractivity contribution < 1.29 is 8.42 Å². The topological polar surface area (TPSA) is 72.2 Å². The van der Waals surface area contributed by atoms with Gasteiger partial charge < -0.3 is 5.32 Å². The first-order valence-electron chi connectivity index (χ1n) is 4.76. The van der Waals surface area contributed by atoms with Gasteiger partial charge in [-0.1, -0.05) is 6.07 Å². The van der Waals surface area contributed by atoms with E-state index < -0.39 is 10.0 Å². The molecule has 0 amide bonds. The Morgan fingerprint density at radius 3 is 2.87 bits per heavy atom. The molecule has 1 atom stereocenters. The van der Waals surface area contributed by atoms with Crippen LogP contribution in [0.2, 0.25) is 0 Å². The molecule has 0 aliphatic rings. The summed E-state index contributed by atoms with van der Waals surface area (Å²) >= 11 is 1.69. The molecule has 6 heteroatoms. The fourth-order valence-corrected chi connectivity index (χ4v) is 2.54. The lowest BCUT2D eigenvalue weighted by atomic mass is 10.2. The number of thiophene rings is 1. The molecule has 0 radical (unpaired) electrons. The molecule has 1 aromatic heterocycles. The molecule has 0 bridgehead atoms. The number of hydrogen-bond donors (Lipinski definition) is 2. The van der Waals surface area contributed by atoms with Gasteiger partial charge in [-0.05, 0) is 31.3 Å². The van der Waals surface area contributed by atoms with Gasteiger partial charge in [0.2, 0.25) is 10.0 Å². The highest BCUT2D eigenvalue weighted by Gasteiger charge is 2.06. The van der Waals surface area contributed by atoms with Crippen LogP contribution in [-0.4, -0.2) is 20.7 Å². The average Bonchev–Trinajstić information content (AvgIpc) is 2.63. The predicted octanol–water partition coefficient (Wildman–Crippen LogP) is 1.08. The van der Waals surface area contributed by atoms with Gasteiger partial charge in [0.05, 0.1) is 5.75 Å². The SMILES string of the molecule is CC(NCCCS(N)(=O)=O)c1cccs1. The Morgan fingerprint density at radius 1 is 1.60 bits per heavy atom. The molecule has 1 unspecified atom stereocenters. The minimum Gasteiger partial charge on any atom is -0.309 e. The van der Waals surface area contributed by atoms with Crippen LogP contribution < -0.4 is 10.5 Å². The van der Waals surface area contributed by atoms with Crippen LogP contribution in [0.1, 0.15) is 24.3 Å². The second kappa shape index (κ2) is 5.60. The molecular formula is C9H16N2O2S2. The van der Waals surface area contributed by atoms with Gasteiger partial charge in [0.25, 0.3) is 0 Å². The van der Waals surface area contributed by atoms with Crippen molar-refractivity contribution in [1.29, 1.82) is 0 Å². The van der Waals surface area contributed by atoms with E-state index in [0.717, 1.165) is 0 Å². The summed E-state index contributed by atoms with van der Waals surface area (Å²) in [4.78, 5) is 1.26. The molecule has 0 fully saturated rings. The van der Waals surface area contributed by atoms with E-state index in [1.807, 2.05) is 11.4 Å². The van der Waals surface area contributed by atoms with E-state index in [1.54, 1.807) is 11.3 Å². The van der Waals surface area contributed by atoms with Gasteiger partial charge in [-0.3, -0.25) is 0 Å². The van der Waals surface area contributed by atoms with Crippen LogP contribution in [0.25, 0.3) is 0 Å². The summed E-state index contributed by atoms with van der Waals surface area (Å²) in [6, 6.07) is 4.33. The molecule has 4 nitrogen and oxygen atoms in total. The lowest BCUT2D eigenvalue weighted by Crippen LogP contribution is -2.23. The van der Waals surface area contributed by atoms with Crippen LogP contribution in [0, 0.1) is 0 Å². The van der Waals surface area contributed by atoms with E-state index in [9.17, 15) is 8.42 Å². The van der Waals surface area contributed by atoms with Crippen molar-refractivity contribution in [2.75, 3.05) is 12.3 Å². The van der Waals surface area contributed by atoms with Gasteiger partial charge >= 0.3 is 0 Å². The van der Waals surface area contributed by atoms with Crippen molar-refractivity contribution >= 4 is 21.4 Å².